The van der Waals surface area contributed by atoms with Gasteiger partial charge in [-0.05, 0) is 49.2 Å². The molecule has 0 unspecified atom stereocenters. The second-order valence-corrected chi connectivity index (χ2v) is 8.09. The van der Waals surface area contributed by atoms with E-state index in [1.54, 1.807) is 19.1 Å². The molecule has 0 bridgehead atoms. The van der Waals surface area contributed by atoms with Crippen molar-refractivity contribution in [2.24, 2.45) is 4.99 Å². The predicted molar refractivity (Wildman–Crippen MR) is 121 cm³/mol. The summed E-state index contributed by atoms with van der Waals surface area (Å²) in [6.07, 6.45) is 0. The molecule has 2 aromatic carbocycles. The highest BCUT2D eigenvalue weighted by Crippen LogP contribution is 2.34. The molecule has 0 aliphatic carbocycles. The van der Waals surface area contributed by atoms with Gasteiger partial charge in [0.05, 0.1) is 12.2 Å². The van der Waals surface area contributed by atoms with Gasteiger partial charge in [-0.1, -0.05) is 36.0 Å². The van der Waals surface area contributed by atoms with Crippen molar-refractivity contribution < 1.29 is 13.9 Å². The maximum atomic E-state index is 13.1. The third-order valence-electron chi connectivity index (χ3n) is 4.73. The molecule has 0 saturated carbocycles. The molecule has 1 atom stereocenters. The normalized spacial score (nSPS) is 16.0. The summed E-state index contributed by atoms with van der Waals surface area (Å²) in [6, 6.07) is 14.0. The summed E-state index contributed by atoms with van der Waals surface area (Å²) in [5.41, 5.74) is 4.23. The fourth-order valence-electron chi connectivity index (χ4n) is 3.12. The minimum atomic E-state index is -0.447. The Morgan fingerprint density at radius 2 is 1.83 bits per heavy atom. The van der Waals surface area contributed by atoms with E-state index in [9.17, 15) is 9.18 Å². The highest BCUT2D eigenvalue weighted by Gasteiger charge is 2.30. The minimum Gasteiger partial charge on any atom is -0.463 e. The van der Waals surface area contributed by atoms with Gasteiger partial charge in [0, 0.05) is 31.2 Å². The summed E-state index contributed by atoms with van der Waals surface area (Å²) in [4.78, 5) is 19.5. The van der Waals surface area contributed by atoms with Crippen LogP contribution in [-0.2, 0) is 15.3 Å². The molecule has 0 aromatic heterocycles. The Labute approximate surface area is 181 Å². The van der Waals surface area contributed by atoms with Crippen LogP contribution in [0.5, 0.6) is 0 Å². The van der Waals surface area contributed by atoms with E-state index in [4.69, 9.17) is 9.73 Å². The summed E-state index contributed by atoms with van der Waals surface area (Å²) < 4.78 is 18.4. The molecular formula is C23H26FN3O2S. The first-order chi connectivity index (χ1) is 14.4. The molecule has 1 aliphatic heterocycles. The number of ether oxygens (including phenoxy) is 1. The maximum absolute atomic E-state index is 13.1. The van der Waals surface area contributed by atoms with E-state index in [1.165, 1.54) is 23.9 Å². The molecule has 0 fully saturated rings. The van der Waals surface area contributed by atoms with Crippen LogP contribution in [0.4, 0.5) is 10.1 Å². The number of esters is 1. The number of nitrogens with one attached hydrogen (secondary N) is 1. The largest absolute Gasteiger partial charge is 0.463 e. The standard InChI is InChI=1S/C23H26FN3O2S/c1-5-29-22(28)20-15(2)25-23(30-14-16-6-10-18(24)11-7-16)26-21(20)17-8-12-19(13-9-17)27(3)4/h6-13,21H,5,14H2,1-4H3,(H,25,26)/t21-/m0/s1. The summed E-state index contributed by atoms with van der Waals surface area (Å²) in [7, 11) is 3.96. The fraction of sp³-hybridized carbons (Fsp3) is 0.304. The van der Waals surface area contributed by atoms with Crippen molar-refractivity contribution >= 4 is 28.6 Å². The third kappa shape index (κ3) is 5.21. The van der Waals surface area contributed by atoms with Crippen molar-refractivity contribution in [3.05, 3.63) is 76.7 Å². The molecule has 5 nitrogen and oxygen atoms in total. The molecule has 0 saturated heterocycles. The number of thioether (sulfide) groups is 1. The molecule has 2 aromatic rings. The summed E-state index contributed by atoms with van der Waals surface area (Å²) >= 11 is 1.52. The van der Waals surface area contributed by atoms with Crippen LogP contribution in [0, 0.1) is 5.82 Å². The van der Waals surface area contributed by atoms with Crippen molar-refractivity contribution in [2.75, 3.05) is 25.6 Å². The average molecular weight is 428 g/mol. The van der Waals surface area contributed by atoms with Crippen molar-refractivity contribution in [2.45, 2.75) is 25.6 Å². The zero-order valence-corrected chi connectivity index (χ0v) is 18.4. The number of benzene rings is 2. The molecule has 30 heavy (non-hydrogen) atoms. The topological polar surface area (TPSA) is 53.9 Å². The first-order valence-electron chi connectivity index (χ1n) is 9.76. The van der Waals surface area contributed by atoms with Gasteiger partial charge in [-0.2, -0.15) is 0 Å². The van der Waals surface area contributed by atoms with Gasteiger partial charge in [0.2, 0.25) is 0 Å². The first-order valence-corrected chi connectivity index (χ1v) is 10.7. The lowest BCUT2D eigenvalue weighted by Crippen LogP contribution is -2.30. The second-order valence-electron chi connectivity index (χ2n) is 7.12. The average Bonchev–Trinajstić information content (AvgIpc) is 2.73. The quantitative estimate of drug-likeness (QED) is 0.680. The van der Waals surface area contributed by atoms with E-state index in [0.717, 1.165) is 22.5 Å². The number of rotatable bonds is 6. The van der Waals surface area contributed by atoms with Crippen molar-refractivity contribution in [3.63, 3.8) is 0 Å². The second kappa shape index (κ2) is 9.80. The predicted octanol–water partition coefficient (Wildman–Crippen LogP) is 4.66. The van der Waals surface area contributed by atoms with Gasteiger partial charge in [-0.15, -0.1) is 0 Å². The highest BCUT2D eigenvalue weighted by atomic mass is 32.2. The number of carbonyl (C=O) groups is 1. The van der Waals surface area contributed by atoms with Gasteiger partial charge >= 0.3 is 5.97 Å². The van der Waals surface area contributed by atoms with E-state index in [2.05, 4.69) is 5.32 Å². The SMILES string of the molecule is CCOC(=O)C1=C(C)NC(SCc2ccc(F)cc2)=N[C@H]1c1ccc(N(C)C)cc1. The minimum absolute atomic E-state index is 0.254. The molecule has 3 rings (SSSR count). The monoisotopic (exact) mass is 427 g/mol. The van der Waals surface area contributed by atoms with Gasteiger partial charge in [0.25, 0.3) is 0 Å². The number of aliphatic imine (C=N–C) groups is 1. The molecule has 0 radical (unpaired) electrons. The van der Waals surface area contributed by atoms with Gasteiger partial charge in [-0.25, -0.2) is 14.2 Å². The number of allylic oxidation sites excluding steroid dienone is 1. The fourth-order valence-corrected chi connectivity index (χ4v) is 4.02. The first kappa shape index (κ1) is 21.9. The van der Waals surface area contributed by atoms with Crippen LogP contribution in [0.3, 0.4) is 0 Å². The van der Waals surface area contributed by atoms with Gasteiger partial charge in [0.15, 0.2) is 5.17 Å². The van der Waals surface area contributed by atoms with E-state index >= 15 is 0 Å². The Morgan fingerprint density at radius 1 is 1.17 bits per heavy atom. The molecule has 1 heterocycles. The highest BCUT2D eigenvalue weighted by molar-refractivity contribution is 8.13. The maximum Gasteiger partial charge on any atom is 0.338 e. The van der Waals surface area contributed by atoms with Crippen LogP contribution in [0.15, 0.2) is 64.8 Å². The number of carbonyl (C=O) groups excluding carboxylic acids is 1. The van der Waals surface area contributed by atoms with Gasteiger partial charge < -0.3 is 15.0 Å². The summed E-state index contributed by atoms with van der Waals surface area (Å²) in [5.74, 6) is 0.0203. The Balaban J connectivity index is 1.87. The molecule has 7 heteroatoms. The summed E-state index contributed by atoms with van der Waals surface area (Å²) in [6.45, 7) is 3.95. The van der Waals surface area contributed by atoms with Crippen LogP contribution in [-0.4, -0.2) is 31.8 Å². The van der Waals surface area contributed by atoms with E-state index in [-0.39, 0.29) is 11.8 Å². The van der Waals surface area contributed by atoms with Crippen LogP contribution in [0.1, 0.15) is 31.0 Å². The number of hydrogen-bond acceptors (Lipinski definition) is 6. The smallest absolute Gasteiger partial charge is 0.338 e. The van der Waals surface area contributed by atoms with Crippen molar-refractivity contribution in [3.8, 4) is 0 Å². The zero-order valence-electron chi connectivity index (χ0n) is 17.6. The van der Waals surface area contributed by atoms with Crippen molar-refractivity contribution in [1.29, 1.82) is 0 Å². The molecule has 0 spiro atoms. The summed E-state index contributed by atoms with van der Waals surface area (Å²) in [5, 5.41) is 3.94. The van der Waals surface area contributed by atoms with E-state index in [1.807, 2.05) is 50.2 Å². The van der Waals surface area contributed by atoms with Crippen LogP contribution >= 0.6 is 11.8 Å². The third-order valence-corrected chi connectivity index (χ3v) is 5.69. The van der Waals surface area contributed by atoms with Gasteiger partial charge in [0.1, 0.15) is 11.9 Å². The van der Waals surface area contributed by atoms with E-state index < -0.39 is 6.04 Å². The lowest BCUT2D eigenvalue weighted by atomic mass is 9.96. The Hall–Kier alpha value is -2.80. The number of nitrogens with zero attached hydrogens (tertiary/aromatic N) is 2. The van der Waals surface area contributed by atoms with Crippen molar-refractivity contribution in [1.82, 2.24) is 5.32 Å². The Bertz CT molecular complexity index is 953. The number of anilines is 1. The van der Waals surface area contributed by atoms with Crippen LogP contribution in [0.25, 0.3) is 0 Å². The number of hydrogen-bond donors (Lipinski definition) is 1. The molecule has 1 aliphatic rings. The van der Waals surface area contributed by atoms with Gasteiger partial charge in [-0.3, -0.25) is 0 Å². The number of halogens is 1. The molecule has 158 valence electrons. The lowest BCUT2D eigenvalue weighted by molar-refractivity contribution is -0.138. The molecule has 0 amide bonds. The lowest BCUT2D eigenvalue weighted by Gasteiger charge is -2.26. The Morgan fingerprint density at radius 3 is 2.43 bits per heavy atom. The van der Waals surface area contributed by atoms with Crippen LogP contribution < -0.4 is 10.2 Å². The Kier molecular flexibility index (Phi) is 7.15. The number of amidine groups is 1. The zero-order chi connectivity index (χ0) is 21.7. The molecular weight excluding hydrogens is 401 g/mol. The van der Waals surface area contributed by atoms with Crippen LogP contribution in [0.2, 0.25) is 0 Å². The molecule has 1 N–H and O–H groups in total. The van der Waals surface area contributed by atoms with E-state index in [0.29, 0.717) is 23.1 Å².